The van der Waals surface area contributed by atoms with Gasteiger partial charge in [-0.25, -0.2) is 0 Å². The fourth-order valence-corrected chi connectivity index (χ4v) is 1.97. The zero-order valence-electron chi connectivity index (χ0n) is 11.4. The zero-order valence-corrected chi connectivity index (χ0v) is 12.1. The Labute approximate surface area is 118 Å². The van der Waals surface area contributed by atoms with Crippen LogP contribution in [0.1, 0.15) is 19.4 Å². The number of nitrogens with zero attached hydrogens (tertiary/aromatic N) is 4. The molecule has 2 aromatic rings. The summed E-state index contributed by atoms with van der Waals surface area (Å²) in [6, 6.07) is 8.05. The van der Waals surface area contributed by atoms with Gasteiger partial charge < -0.3 is 4.90 Å². The van der Waals surface area contributed by atoms with Gasteiger partial charge in [0.15, 0.2) is 5.82 Å². The van der Waals surface area contributed by atoms with Crippen molar-refractivity contribution in [3.63, 3.8) is 0 Å². The number of anilines is 1. The highest BCUT2D eigenvalue weighted by Gasteiger charge is 2.11. The van der Waals surface area contributed by atoms with E-state index in [-0.39, 0.29) is 5.28 Å². The first kappa shape index (κ1) is 13.7. The summed E-state index contributed by atoms with van der Waals surface area (Å²) >= 11 is 6.00. The summed E-state index contributed by atoms with van der Waals surface area (Å²) < 4.78 is 0. The number of aromatic nitrogens is 3. The fourth-order valence-electron chi connectivity index (χ4n) is 1.82. The lowest BCUT2D eigenvalue weighted by Crippen LogP contribution is -2.24. The van der Waals surface area contributed by atoms with Crippen LogP contribution in [-0.2, 0) is 0 Å². The molecule has 100 valence electrons. The van der Waals surface area contributed by atoms with Crippen molar-refractivity contribution in [1.82, 2.24) is 15.0 Å². The van der Waals surface area contributed by atoms with Crippen LogP contribution in [0.25, 0.3) is 11.4 Å². The van der Waals surface area contributed by atoms with E-state index in [4.69, 9.17) is 11.6 Å². The van der Waals surface area contributed by atoms with Gasteiger partial charge in [-0.3, -0.25) is 0 Å². The Morgan fingerprint density at radius 2 is 1.63 bits per heavy atom. The minimum absolute atomic E-state index is 0.229. The van der Waals surface area contributed by atoms with Crippen molar-refractivity contribution in [3.05, 3.63) is 35.1 Å². The van der Waals surface area contributed by atoms with Crippen LogP contribution in [-0.4, -0.2) is 28.0 Å². The first-order valence-electron chi connectivity index (χ1n) is 6.37. The van der Waals surface area contributed by atoms with E-state index in [1.54, 1.807) is 0 Å². The van der Waals surface area contributed by atoms with Crippen LogP contribution in [0.15, 0.2) is 24.3 Å². The number of benzene rings is 1. The molecule has 0 fully saturated rings. The Morgan fingerprint density at radius 1 is 1.00 bits per heavy atom. The number of rotatable bonds is 4. The second-order valence-electron chi connectivity index (χ2n) is 4.27. The van der Waals surface area contributed by atoms with Crippen LogP contribution in [0.3, 0.4) is 0 Å². The lowest BCUT2D eigenvalue weighted by atomic mass is 10.1. The molecule has 0 aliphatic heterocycles. The van der Waals surface area contributed by atoms with Gasteiger partial charge in [0, 0.05) is 18.7 Å². The smallest absolute Gasteiger partial charge is 0.230 e. The largest absolute Gasteiger partial charge is 0.341 e. The lowest BCUT2D eigenvalue weighted by molar-refractivity contribution is 0.813. The average molecular weight is 277 g/mol. The van der Waals surface area contributed by atoms with Crippen molar-refractivity contribution >= 4 is 17.5 Å². The van der Waals surface area contributed by atoms with Crippen molar-refractivity contribution in [3.8, 4) is 11.4 Å². The first-order valence-corrected chi connectivity index (χ1v) is 6.75. The molecule has 0 aliphatic carbocycles. The summed E-state index contributed by atoms with van der Waals surface area (Å²) in [5.41, 5.74) is 2.15. The molecule has 1 heterocycles. The summed E-state index contributed by atoms with van der Waals surface area (Å²) in [6.45, 7) is 7.85. The summed E-state index contributed by atoms with van der Waals surface area (Å²) in [6.07, 6.45) is 0. The van der Waals surface area contributed by atoms with Gasteiger partial charge in [-0.1, -0.05) is 29.8 Å². The van der Waals surface area contributed by atoms with Gasteiger partial charge in [-0.15, -0.1) is 0 Å². The van der Waals surface area contributed by atoms with E-state index < -0.39 is 0 Å². The molecule has 0 unspecified atom stereocenters. The van der Waals surface area contributed by atoms with Crippen LogP contribution in [0.5, 0.6) is 0 Å². The third kappa shape index (κ3) is 3.20. The predicted molar refractivity (Wildman–Crippen MR) is 78.6 cm³/mol. The van der Waals surface area contributed by atoms with Crippen LogP contribution >= 0.6 is 11.6 Å². The highest BCUT2D eigenvalue weighted by Crippen LogP contribution is 2.20. The Kier molecular flexibility index (Phi) is 4.32. The molecule has 0 atom stereocenters. The van der Waals surface area contributed by atoms with Gasteiger partial charge in [0.05, 0.1) is 0 Å². The van der Waals surface area contributed by atoms with Gasteiger partial charge >= 0.3 is 0 Å². The molecule has 2 rings (SSSR count). The topological polar surface area (TPSA) is 41.9 Å². The van der Waals surface area contributed by atoms with Crippen LogP contribution in [0, 0.1) is 6.92 Å². The van der Waals surface area contributed by atoms with Crippen LogP contribution in [0.4, 0.5) is 5.95 Å². The minimum Gasteiger partial charge on any atom is -0.341 e. The maximum atomic E-state index is 6.00. The predicted octanol–water partition coefficient (Wildman–Crippen LogP) is 3.35. The van der Waals surface area contributed by atoms with Gasteiger partial charge in [-0.2, -0.15) is 15.0 Å². The summed E-state index contributed by atoms with van der Waals surface area (Å²) in [7, 11) is 0. The summed E-state index contributed by atoms with van der Waals surface area (Å²) in [5.74, 6) is 1.24. The van der Waals surface area contributed by atoms with E-state index in [1.807, 2.05) is 36.1 Å². The number of hydrogen-bond donors (Lipinski definition) is 0. The molecule has 0 saturated heterocycles. The standard InChI is InChI=1S/C14H17ClN4/c1-4-19(5-2)14-17-12(16-13(15)18-14)11-8-6-10(3)7-9-11/h6-9H,4-5H2,1-3H3. The van der Waals surface area contributed by atoms with Gasteiger partial charge in [0.2, 0.25) is 11.2 Å². The monoisotopic (exact) mass is 276 g/mol. The van der Waals surface area contributed by atoms with E-state index in [0.29, 0.717) is 11.8 Å². The molecule has 0 spiro atoms. The Hall–Kier alpha value is -1.68. The van der Waals surface area contributed by atoms with Crippen molar-refractivity contribution in [1.29, 1.82) is 0 Å². The van der Waals surface area contributed by atoms with E-state index in [0.717, 1.165) is 18.7 Å². The Bertz CT molecular complexity index is 550. The third-order valence-electron chi connectivity index (χ3n) is 2.95. The van der Waals surface area contributed by atoms with E-state index in [2.05, 4.69) is 28.8 Å². The molecule has 1 aromatic carbocycles. The molecule has 0 N–H and O–H groups in total. The molecule has 19 heavy (non-hydrogen) atoms. The molecule has 0 bridgehead atoms. The van der Waals surface area contributed by atoms with Gasteiger partial charge in [-0.05, 0) is 32.4 Å². The lowest BCUT2D eigenvalue weighted by Gasteiger charge is -2.18. The van der Waals surface area contributed by atoms with E-state index in [9.17, 15) is 0 Å². The van der Waals surface area contributed by atoms with Crippen molar-refractivity contribution in [2.24, 2.45) is 0 Å². The third-order valence-corrected chi connectivity index (χ3v) is 3.12. The second kappa shape index (κ2) is 5.97. The normalized spacial score (nSPS) is 10.5. The van der Waals surface area contributed by atoms with E-state index in [1.165, 1.54) is 5.56 Å². The minimum atomic E-state index is 0.229. The second-order valence-corrected chi connectivity index (χ2v) is 4.60. The van der Waals surface area contributed by atoms with Gasteiger partial charge in [0.25, 0.3) is 0 Å². The van der Waals surface area contributed by atoms with E-state index >= 15 is 0 Å². The van der Waals surface area contributed by atoms with Gasteiger partial charge in [0.1, 0.15) is 0 Å². The molecule has 0 saturated carbocycles. The number of halogens is 1. The van der Waals surface area contributed by atoms with Crippen molar-refractivity contribution in [2.75, 3.05) is 18.0 Å². The quantitative estimate of drug-likeness (QED) is 0.859. The molecule has 0 radical (unpaired) electrons. The fraction of sp³-hybridized carbons (Fsp3) is 0.357. The highest BCUT2D eigenvalue weighted by atomic mass is 35.5. The number of aryl methyl sites for hydroxylation is 1. The highest BCUT2D eigenvalue weighted by molar-refractivity contribution is 6.28. The zero-order chi connectivity index (χ0) is 13.8. The van der Waals surface area contributed by atoms with Crippen LogP contribution in [0.2, 0.25) is 5.28 Å². The maximum absolute atomic E-state index is 6.00. The molecule has 1 aromatic heterocycles. The SMILES string of the molecule is CCN(CC)c1nc(Cl)nc(-c2ccc(C)cc2)n1. The number of hydrogen-bond acceptors (Lipinski definition) is 4. The average Bonchev–Trinajstić information content (AvgIpc) is 2.40. The molecular formula is C14H17ClN4. The maximum Gasteiger partial charge on any atom is 0.230 e. The molecular weight excluding hydrogens is 260 g/mol. The molecule has 4 nitrogen and oxygen atoms in total. The summed E-state index contributed by atoms with van der Waals surface area (Å²) in [5, 5.41) is 0.229. The first-order chi connectivity index (χ1) is 9.13. The van der Waals surface area contributed by atoms with Crippen LogP contribution < -0.4 is 4.90 Å². The Morgan fingerprint density at radius 3 is 2.21 bits per heavy atom. The van der Waals surface area contributed by atoms with Crippen molar-refractivity contribution < 1.29 is 0 Å². The van der Waals surface area contributed by atoms with Crippen molar-refractivity contribution in [2.45, 2.75) is 20.8 Å². The molecule has 0 amide bonds. The molecule has 5 heteroatoms. The molecule has 0 aliphatic rings. The Balaban J connectivity index is 2.44. The summed E-state index contributed by atoms with van der Waals surface area (Å²) in [4.78, 5) is 14.9.